The number of aliphatic carboxylic acids is 1. The van der Waals surface area contributed by atoms with Gasteiger partial charge >= 0.3 is 12.0 Å². The molecule has 0 saturated heterocycles. The highest BCUT2D eigenvalue weighted by Gasteiger charge is 2.46. The third-order valence-corrected chi connectivity index (χ3v) is 3.44. The molecular weight excluding hydrogens is 220 g/mol. The highest BCUT2D eigenvalue weighted by atomic mass is 16.4. The van der Waals surface area contributed by atoms with Crippen molar-refractivity contribution in [3.05, 3.63) is 0 Å². The molecule has 3 N–H and O–H groups in total. The number of carboxylic acids is 1. The third kappa shape index (κ3) is 3.11. The van der Waals surface area contributed by atoms with Crippen molar-refractivity contribution in [3.63, 3.8) is 0 Å². The molecule has 98 valence electrons. The van der Waals surface area contributed by atoms with Gasteiger partial charge in [0.15, 0.2) is 0 Å². The number of carbonyl (C=O) groups is 2. The van der Waals surface area contributed by atoms with Crippen LogP contribution < -0.4 is 10.6 Å². The van der Waals surface area contributed by atoms with Crippen molar-refractivity contribution in [2.45, 2.75) is 58.0 Å². The summed E-state index contributed by atoms with van der Waals surface area (Å²) in [6.07, 6.45) is 3.23. The number of carboxylic acid groups (broad SMARTS) is 1. The summed E-state index contributed by atoms with van der Waals surface area (Å²) < 4.78 is 0. The fraction of sp³-hybridized carbons (Fsp3) is 0.833. The van der Waals surface area contributed by atoms with Crippen LogP contribution in [0.1, 0.15) is 46.5 Å². The summed E-state index contributed by atoms with van der Waals surface area (Å²) in [6, 6.07) is -0.393. The van der Waals surface area contributed by atoms with Crippen molar-refractivity contribution < 1.29 is 14.7 Å². The van der Waals surface area contributed by atoms with E-state index in [1.807, 2.05) is 20.8 Å². The Hall–Kier alpha value is -1.26. The zero-order chi connectivity index (χ0) is 13.1. The molecule has 17 heavy (non-hydrogen) atoms. The Bertz CT molecular complexity index is 304. The molecule has 0 bridgehead atoms. The highest BCUT2D eigenvalue weighted by Crippen LogP contribution is 2.33. The van der Waals surface area contributed by atoms with Crippen molar-refractivity contribution >= 4 is 12.0 Å². The van der Waals surface area contributed by atoms with Gasteiger partial charge in [0, 0.05) is 6.04 Å². The fourth-order valence-corrected chi connectivity index (χ4v) is 2.40. The Morgan fingerprint density at radius 1 is 1.35 bits per heavy atom. The molecule has 0 radical (unpaired) electrons. The number of carbonyl (C=O) groups excluding carboxylic acids is 1. The van der Waals surface area contributed by atoms with Gasteiger partial charge in [0.05, 0.1) is 0 Å². The smallest absolute Gasteiger partial charge is 0.329 e. The predicted octanol–water partition coefficient (Wildman–Crippen LogP) is 1.73. The SMILES string of the molecule is CC(C)NC(=O)NC1(C(=O)O)CCCCC1C. The van der Waals surface area contributed by atoms with Crippen LogP contribution in [0.15, 0.2) is 0 Å². The van der Waals surface area contributed by atoms with E-state index in [-0.39, 0.29) is 12.0 Å². The molecule has 2 amide bonds. The molecule has 0 aromatic rings. The van der Waals surface area contributed by atoms with E-state index in [0.29, 0.717) is 6.42 Å². The van der Waals surface area contributed by atoms with Crippen LogP contribution in [0.3, 0.4) is 0 Å². The summed E-state index contributed by atoms with van der Waals surface area (Å²) in [6.45, 7) is 5.58. The maximum atomic E-state index is 11.7. The Balaban J connectivity index is 2.78. The first kappa shape index (κ1) is 13.8. The van der Waals surface area contributed by atoms with Gasteiger partial charge in [-0.1, -0.05) is 19.8 Å². The maximum Gasteiger partial charge on any atom is 0.329 e. The molecule has 2 unspecified atom stereocenters. The quantitative estimate of drug-likeness (QED) is 0.705. The van der Waals surface area contributed by atoms with E-state index in [0.717, 1.165) is 19.3 Å². The van der Waals surface area contributed by atoms with Crippen LogP contribution in [-0.2, 0) is 4.79 Å². The average Bonchev–Trinajstić information content (AvgIpc) is 2.19. The van der Waals surface area contributed by atoms with Crippen LogP contribution in [0.25, 0.3) is 0 Å². The second kappa shape index (κ2) is 5.38. The van der Waals surface area contributed by atoms with E-state index in [9.17, 15) is 14.7 Å². The Morgan fingerprint density at radius 3 is 2.47 bits per heavy atom. The van der Waals surface area contributed by atoms with Gasteiger partial charge in [0.25, 0.3) is 0 Å². The Kier molecular flexibility index (Phi) is 4.37. The number of rotatable bonds is 3. The van der Waals surface area contributed by atoms with Crippen molar-refractivity contribution in [3.8, 4) is 0 Å². The molecular formula is C12H22N2O3. The minimum absolute atomic E-state index is 0.000239. The van der Waals surface area contributed by atoms with Crippen LogP contribution >= 0.6 is 0 Å². The summed E-state index contributed by atoms with van der Waals surface area (Å²) in [5.74, 6) is -0.963. The zero-order valence-corrected chi connectivity index (χ0v) is 10.7. The summed E-state index contributed by atoms with van der Waals surface area (Å²) in [4.78, 5) is 23.2. The molecule has 1 fully saturated rings. The van der Waals surface area contributed by atoms with Gasteiger partial charge in [-0.05, 0) is 32.6 Å². The van der Waals surface area contributed by atoms with E-state index in [1.165, 1.54) is 0 Å². The highest BCUT2D eigenvalue weighted by molar-refractivity contribution is 5.86. The van der Waals surface area contributed by atoms with Crippen molar-refractivity contribution in [1.29, 1.82) is 0 Å². The van der Waals surface area contributed by atoms with Crippen molar-refractivity contribution in [2.24, 2.45) is 5.92 Å². The standard InChI is InChI=1S/C12H22N2O3/c1-8(2)13-11(17)14-12(10(15)16)7-5-4-6-9(12)3/h8-9H,4-7H2,1-3H3,(H,15,16)(H2,13,14,17). The summed E-state index contributed by atoms with van der Waals surface area (Å²) in [5, 5.41) is 14.7. The molecule has 1 rings (SSSR count). The molecule has 0 aromatic carbocycles. The minimum atomic E-state index is -1.10. The second-order valence-electron chi connectivity index (χ2n) is 5.18. The van der Waals surface area contributed by atoms with Gasteiger partial charge in [-0.3, -0.25) is 0 Å². The van der Waals surface area contributed by atoms with Gasteiger partial charge in [0.1, 0.15) is 5.54 Å². The van der Waals surface area contributed by atoms with E-state index in [4.69, 9.17) is 0 Å². The normalized spacial score (nSPS) is 28.8. The average molecular weight is 242 g/mol. The lowest BCUT2D eigenvalue weighted by Crippen LogP contribution is -2.62. The minimum Gasteiger partial charge on any atom is -0.479 e. The molecule has 5 nitrogen and oxygen atoms in total. The molecule has 0 heterocycles. The van der Waals surface area contributed by atoms with Gasteiger partial charge in [0.2, 0.25) is 0 Å². The Labute approximate surface area is 102 Å². The van der Waals surface area contributed by atoms with Gasteiger partial charge < -0.3 is 15.7 Å². The lowest BCUT2D eigenvalue weighted by Gasteiger charge is -2.39. The molecule has 0 aromatic heterocycles. The largest absolute Gasteiger partial charge is 0.479 e. The molecule has 0 aliphatic heterocycles. The summed E-state index contributed by atoms with van der Waals surface area (Å²) >= 11 is 0. The third-order valence-electron chi connectivity index (χ3n) is 3.44. The Morgan fingerprint density at radius 2 is 2.00 bits per heavy atom. The molecule has 2 atom stereocenters. The second-order valence-corrected chi connectivity index (χ2v) is 5.18. The van der Waals surface area contributed by atoms with Crippen molar-refractivity contribution in [1.82, 2.24) is 10.6 Å². The maximum absolute atomic E-state index is 11.7. The van der Waals surface area contributed by atoms with E-state index < -0.39 is 17.5 Å². The lowest BCUT2D eigenvalue weighted by molar-refractivity contribution is -0.148. The molecule has 1 aliphatic rings. The van der Waals surface area contributed by atoms with Crippen LogP contribution in [0.2, 0.25) is 0 Å². The number of urea groups is 1. The molecule has 5 heteroatoms. The number of hydrogen-bond donors (Lipinski definition) is 3. The first-order valence-electron chi connectivity index (χ1n) is 6.20. The first-order chi connectivity index (χ1) is 7.88. The van der Waals surface area contributed by atoms with E-state index >= 15 is 0 Å². The van der Waals surface area contributed by atoms with Gasteiger partial charge in [-0.15, -0.1) is 0 Å². The van der Waals surface area contributed by atoms with Gasteiger partial charge in [-0.2, -0.15) is 0 Å². The number of amides is 2. The summed E-state index contributed by atoms with van der Waals surface area (Å²) in [5.41, 5.74) is -1.10. The fourth-order valence-electron chi connectivity index (χ4n) is 2.40. The first-order valence-corrected chi connectivity index (χ1v) is 6.20. The number of nitrogens with one attached hydrogen (secondary N) is 2. The lowest BCUT2D eigenvalue weighted by atomic mass is 9.73. The zero-order valence-electron chi connectivity index (χ0n) is 10.7. The molecule has 0 spiro atoms. The summed E-state index contributed by atoms with van der Waals surface area (Å²) in [7, 11) is 0. The number of hydrogen-bond acceptors (Lipinski definition) is 2. The molecule has 1 saturated carbocycles. The van der Waals surface area contributed by atoms with Crippen LogP contribution in [0.4, 0.5) is 4.79 Å². The van der Waals surface area contributed by atoms with Gasteiger partial charge in [-0.25, -0.2) is 9.59 Å². The molecule has 1 aliphatic carbocycles. The van der Waals surface area contributed by atoms with Crippen LogP contribution in [-0.4, -0.2) is 28.7 Å². The van der Waals surface area contributed by atoms with Crippen LogP contribution in [0.5, 0.6) is 0 Å². The van der Waals surface area contributed by atoms with Crippen LogP contribution in [0, 0.1) is 5.92 Å². The van der Waals surface area contributed by atoms with E-state index in [2.05, 4.69) is 10.6 Å². The monoisotopic (exact) mass is 242 g/mol. The predicted molar refractivity (Wildman–Crippen MR) is 64.8 cm³/mol. The van der Waals surface area contributed by atoms with E-state index in [1.54, 1.807) is 0 Å². The topological polar surface area (TPSA) is 78.4 Å². The van der Waals surface area contributed by atoms with Crippen molar-refractivity contribution in [2.75, 3.05) is 0 Å².